The van der Waals surface area contributed by atoms with Crippen LogP contribution in [0.5, 0.6) is 0 Å². The van der Waals surface area contributed by atoms with Crippen molar-refractivity contribution in [2.24, 2.45) is 0 Å². The fraction of sp³-hybridized carbons (Fsp3) is 0.625. The molecule has 0 N–H and O–H groups in total. The number of ether oxygens (including phenoxy) is 3. The number of amides is 2. The number of piperidine rings is 2. The number of rotatable bonds is 8. The van der Waals surface area contributed by atoms with E-state index in [4.69, 9.17) is 14.2 Å². The van der Waals surface area contributed by atoms with Crippen LogP contribution in [0.15, 0.2) is 30.3 Å². The first-order valence-electron chi connectivity index (χ1n) is 11.6. The molecule has 32 heavy (non-hydrogen) atoms. The normalized spacial score (nSPS) is 19.7. The standard InChI is InChI=1S/C24H34N2O6/c1-2-3-16-30-24(29)26-13-7-10-22(27)21(26)18-31-20-11-14-25(15-12-20)23(28)32-17-19-8-5-4-6-9-19/h4-6,8-9,20-21H,2-3,7,10-18H2,1H3. The monoisotopic (exact) mass is 446 g/mol. The van der Waals surface area contributed by atoms with E-state index in [1.165, 1.54) is 4.90 Å². The molecule has 1 aromatic carbocycles. The summed E-state index contributed by atoms with van der Waals surface area (Å²) in [5.41, 5.74) is 0.953. The molecule has 8 heteroatoms. The molecule has 1 atom stereocenters. The van der Waals surface area contributed by atoms with Crippen molar-refractivity contribution in [2.75, 3.05) is 32.8 Å². The molecule has 2 saturated heterocycles. The van der Waals surface area contributed by atoms with Gasteiger partial charge < -0.3 is 19.1 Å². The maximum atomic E-state index is 12.4. The van der Waals surface area contributed by atoms with Crippen molar-refractivity contribution in [3.8, 4) is 0 Å². The predicted molar refractivity (Wildman–Crippen MR) is 118 cm³/mol. The highest BCUT2D eigenvalue weighted by Crippen LogP contribution is 2.20. The Kier molecular flexibility index (Phi) is 9.34. The van der Waals surface area contributed by atoms with Crippen LogP contribution in [0, 0.1) is 0 Å². The highest BCUT2D eigenvalue weighted by Gasteiger charge is 2.35. The summed E-state index contributed by atoms with van der Waals surface area (Å²) in [5, 5.41) is 0. The van der Waals surface area contributed by atoms with Gasteiger partial charge in [0.25, 0.3) is 0 Å². The lowest BCUT2D eigenvalue weighted by Gasteiger charge is -2.36. The van der Waals surface area contributed by atoms with E-state index in [2.05, 4.69) is 0 Å². The summed E-state index contributed by atoms with van der Waals surface area (Å²) in [6, 6.07) is 8.99. The number of carbonyl (C=O) groups is 3. The van der Waals surface area contributed by atoms with Gasteiger partial charge in [0, 0.05) is 26.1 Å². The number of nitrogens with zero attached hydrogens (tertiary/aromatic N) is 2. The topological polar surface area (TPSA) is 85.4 Å². The fourth-order valence-electron chi connectivity index (χ4n) is 3.95. The molecule has 0 radical (unpaired) electrons. The Morgan fingerprint density at radius 1 is 1.03 bits per heavy atom. The van der Waals surface area contributed by atoms with E-state index in [0.717, 1.165) is 18.4 Å². The molecule has 0 aromatic heterocycles. The van der Waals surface area contributed by atoms with Crippen LogP contribution in [0.2, 0.25) is 0 Å². The predicted octanol–water partition coefficient (Wildman–Crippen LogP) is 3.77. The largest absolute Gasteiger partial charge is 0.449 e. The van der Waals surface area contributed by atoms with Crippen LogP contribution in [0.1, 0.15) is 51.0 Å². The summed E-state index contributed by atoms with van der Waals surface area (Å²) in [7, 11) is 0. The third kappa shape index (κ3) is 6.95. The third-order valence-electron chi connectivity index (χ3n) is 5.92. The summed E-state index contributed by atoms with van der Waals surface area (Å²) in [6.45, 7) is 4.42. The second-order valence-electron chi connectivity index (χ2n) is 8.31. The fourth-order valence-corrected chi connectivity index (χ4v) is 3.95. The molecule has 2 fully saturated rings. The number of hydrogen-bond acceptors (Lipinski definition) is 6. The van der Waals surface area contributed by atoms with Crippen LogP contribution in [0.3, 0.4) is 0 Å². The van der Waals surface area contributed by atoms with E-state index in [0.29, 0.717) is 51.9 Å². The zero-order valence-corrected chi connectivity index (χ0v) is 18.9. The summed E-state index contributed by atoms with van der Waals surface area (Å²) in [5.74, 6) is 0.0191. The first kappa shape index (κ1) is 24.0. The Balaban J connectivity index is 1.41. The van der Waals surface area contributed by atoms with Gasteiger partial charge in [0.1, 0.15) is 12.6 Å². The highest BCUT2D eigenvalue weighted by molar-refractivity contribution is 5.88. The molecule has 8 nitrogen and oxygen atoms in total. The van der Waals surface area contributed by atoms with E-state index in [1.807, 2.05) is 37.3 Å². The molecular weight excluding hydrogens is 412 g/mol. The minimum atomic E-state index is -0.591. The molecule has 0 bridgehead atoms. The highest BCUT2D eigenvalue weighted by atomic mass is 16.6. The average Bonchev–Trinajstić information content (AvgIpc) is 2.82. The molecule has 2 amide bonds. The Morgan fingerprint density at radius 2 is 1.78 bits per heavy atom. The van der Waals surface area contributed by atoms with Crippen molar-refractivity contribution < 1.29 is 28.6 Å². The average molecular weight is 447 g/mol. The van der Waals surface area contributed by atoms with Gasteiger partial charge in [-0.1, -0.05) is 43.7 Å². The van der Waals surface area contributed by atoms with E-state index in [1.54, 1.807) is 4.90 Å². The number of likely N-dealkylation sites (tertiary alicyclic amines) is 2. The zero-order chi connectivity index (χ0) is 22.8. The first-order valence-corrected chi connectivity index (χ1v) is 11.6. The van der Waals surface area contributed by atoms with Gasteiger partial charge in [-0.15, -0.1) is 0 Å². The van der Waals surface area contributed by atoms with Crippen LogP contribution in [-0.4, -0.2) is 72.8 Å². The van der Waals surface area contributed by atoms with Gasteiger partial charge in [-0.25, -0.2) is 9.59 Å². The van der Waals surface area contributed by atoms with E-state index >= 15 is 0 Å². The Hall–Kier alpha value is -2.61. The van der Waals surface area contributed by atoms with Crippen molar-refractivity contribution in [2.45, 2.75) is 64.2 Å². The lowest BCUT2D eigenvalue weighted by molar-refractivity contribution is -0.130. The zero-order valence-electron chi connectivity index (χ0n) is 18.9. The van der Waals surface area contributed by atoms with Gasteiger partial charge in [0.05, 0.1) is 19.3 Å². The smallest absolute Gasteiger partial charge is 0.410 e. The van der Waals surface area contributed by atoms with Crippen molar-refractivity contribution in [1.29, 1.82) is 0 Å². The molecule has 0 spiro atoms. The van der Waals surface area contributed by atoms with Crippen LogP contribution in [0.4, 0.5) is 9.59 Å². The summed E-state index contributed by atoms with van der Waals surface area (Å²) in [4.78, 5) is 40.4. The SMILES string of the molecule is CCCCOC(=O)N1CCCC(=O)C1COC1CCN(C(=O)OCc2ccccc2)CC1. The summed E-state index contributed by atoms with van der Waals surface area (Å²) < 4.78 is 16.7. The Labute approximate surface area is 189 Å². The lowest BCUT2D eigenvalue weighted by Crippen LogP contribution is -2.52. The maximum absolute atomic E-state index is 12.4. The van der Waals surface area contributed by atoms with Gasteiger partial charge in [-0.3, -0.25) is 9.69 Å². The maximum Gasteiger partial charge on any atom is 0.410 e. The number of benzene rings is 1. The summed E-state index contributed by atoms with van der Waals surface area (Å²) in [6.07, 6.45) is 3.39. The van der Waals surface area contributed by atoms with Crippen molar-refractivity contribution >= 4 is 18.0 Å². The Morgan fingerprint density at radius 3 is 2.50 bits per heavy atom. The molecule has 3 rings (SSSR count). The van der Waals surface area contributed by atoms with E-state index in [-0.39, 0.29) is 31.2 Å². The number of ketones is 1. The number of carbonyl (C=O) groups excluding carboxylic acids is 3. The number of Topliss-reactive ketones (excluding diaryl/α,β-unsaturated/α-hetero) is 1. The number of hydrogen-bond donors (Lipinski definition) is 0. The van der Waals surface area contributed by atoms with Gasteiger partial charge in [-0.2, -0.15) is 0 Å². The van der Waals surface area contributed by atoms with E-state index < -0.39 is 12.1 Å². The molecule has 176 valence electrons. The molecule has 1 unspecified atom stereocenters. The minimum Gasteiger partial charge on any atom is -0.449 e. The molecule has 2 heterocycles. The molecule has 2 aliphatic rings. The first-order chi connectivity index (χ1) is 15.6. The number of unbranched alkanes of at least 4 members (excludes halogenated alkanes) is 1. The van der Waals surface area contributed by atoms with E-state index in [9.17, 15) is 14.4 Å². The third-order valence-corrected chi connectivity index (χ3v) is 5.92. The second-order valence-corrected chi connectivity index (χ2v) is 8.31. The van der Waals surface area contributed by atoms with Crippen LogP contribution in [0.25, 0.3) is 0 Å². The summed E-state index contributed by atoms with van der Waals surface area (Å²) >= 11 is 0. The molecule has 0 saturated carbocycles. The lowest BCUT2D eigenvalue weighted by atomic mass is 10.0. The van der Waals surface area contributed by atoms with Crippen LogP contribution < -0.4 is 0 Å². The van der Waals surface area contributed by atoms with Crippen molar-refractivity contribution in [1.82, 2.24) is 9.80 Å². The van der Waals surface area contributed by atoms with Gasteiger partial charge in [0.2, 0.25) is 0 Å². The minimum absolute atomic E-state index is 0.0191. The Bertz CT molecular complexity index is 748. The quantitative estimate of drug-likeness (QED) is 0.565. The molecule has 1 aromatic rings. The van der Waals surface area contributed by atoms with Crippen LogP contribution >= 0.6 is 0 Å². The van der Waals surface area contributed by atoms with Crippen LogP contribution in [-0.2, 0) is 25.6 Å². The second kappa shape index (κ2) is 12.4. The van der Waals surface area contributed by atoms with Gasteiger partial charge in [0.15, 0.2) is 5.78 Å². The van der Waals surface area contributed by atoms with Gasteiger partial charge >= 0.3 is 12.2 Å². The molecule has 0 aliphatic carbocycles. The van der Waals surface area contributed by atoms with Crippen molar-refractivity contribution in [3.05, 3.63) is 35.9 Å². The molecule has 2 aliphatic heterocycles. The molecular formula is C24H34N2O6. The van der Waals surface area contributed by atoms with Crippen molar-refractivity contribution in [3.63, 3.8) is 0 Å². The van der Waals surface area contributed by atoms with Gasteiger partial charge in [-0.05, 0) is 31.2 Å².